The van der Waals surface area contributed by atoms with Gasteiger partial charge < -0.3 is 9.84 Å². The lowest BCUT2D eigenvalue weighted by Crippen LogP contribution is -2.51. The molecular weight excluding hydrogens is 249 g/mol. The number of hydrogen-bond acceptors (Lipinski definition) is 3. The molecule has 0 aromatic carbocycles. The highest BCUT2D eigenvalue weighted by molar-refractivity contribution is 5.87. The molecule has 2 rings (SSSR count). The first-order valence-corrected chi connectivity index (χ1v) is 5.80. The van der Waals surface area contributed by atoms with Crippen LogP contribution in [0.1, 0.15) is 26.2 Å². The van der Waals surface area contributed by atoms with Crippen LogP contribution in [0.15, 0.2) is 12.2 Å². The summed E-state index contributed by atoms with van der Waals surface area (Å²) in [5, 5.41) is 9.70. The second kappa shape index (κ2) is 3.98. The van der Waals surface area contributed by atoms with Crippen molar-refractivity contribution in [2.75, 3.05) is 0 Å². The predicted molar refractivity (Wildman–Crippen MR) is 56.5 cm³/mol. The fraction of sp³-hybridized carbons (Fsp3) is 0.750. The molecule has 6 heteroatoms. The van der Waals surface area contributed by atoms with Gasteiger partial charge in [0.2, 0.25) is 0 Å². The van der Waals surface area contributed by atoms with E-state index in [4.69, 9.17) is 4.74 Å². The normalized spacial score (nSPS) is 38.8. The van der Waals surface area contributed by atoms with Crippen molar-refractivity contribution in [1.29, 1.82) is 0 Å². The van der Waals surface area contributed by atoms with Crippen LogP contribution >= 0.6 is 0 Å². The molecular formula is C12H15F3O3. The second-order valence-corrected chi connectivity index (χ2v) is 5.28. The van der Waals surface area contributed by atoms with E-state index in [-0.39, 0.29) is 24.8 Å². The molecule has 102 valence electrons. The molecule has 0 amide bonds. The molecule has 0 aliphatic heterocycles. The van der Waals surface area contributed by atoms with Crippen molar-refractivity contribution in [2.24, 2.45) is 11.8 Å². The molecule has 0 spiro atoms. The number of esters is 1. The Morgan fingerprint density at radius 1 is 1.44 bits per heavy atom. The zero-order chi connectivity index (χ0) is 13.7. The van der Waals surface area contributed by atoms with Crippen molar-refractivity contribution in [1.82, 2.24) is 0 Å². The fourth-order valence-corrected chi connectivity index (χ4v) is 2.99. The Balaban J connectivity index is 2.04. The van der Waals surface area contributed by atoms with Crippen LogP contribution < -0.4 is 0 Å². The van der Waals surface area contributed by atoms with Crippen molar-refractivity contribution in [3.63, 3.8) is 0 Å². The van der Waals surface area contributed by atoms with Gasteiger partial charge in [-0.25, -0.2) is 4.79 Å². The summed E-state index contributed by atoms with van der Waals surface area (Å²) >= 11 is 0. The number of aliphatic hydroxyl groups is 1. The SMILES string of the molecule is C=C(C)C(=O)OC1CC2CC1CC2(O)C(F)(F)F. The van der Waals surface area contributed by atoms with Crippen LogP contribution in [-0.4, -0.2) is 29.0 Å². The van der Waals surface area contributed by atoms with E-state index in [1.165, 1.54) is 6.92 Å². The molecule has 2 bridgehead atoms. The van der Waals surface area contributed by atoms with Gasteiger partial charge in [-0.3, -0.25) is 0 Å². The molecule has 2 aliphatic carbocycles. The molecule has 0 aromatic heterocycles. The van der Waals surface area contributed by atoms with E-state index in [1.807, 2.05) is 0 Å². The molecule has 4 unspecified atom stereocenters. The minimum absolute atomic E-state index is 0.0691. The van der Waals surface area contributed by atoms with E-state index in [2.05, 4.69) is 6.58 Å². The molecule has 4 atom stereocenters. The van der Waals surface area contributed by atoms with Crippen LogP contribution in [-0.2, 0) is 9.53 Å². The predicted octanol–water partition coefficient (Wildman–Crippen LogP) is 2.20. The first-order chi connectivity index (χ1) is 8.15. The van der Waals surface area contributed by atoms with E-state index in [0.29, 0.717) is 0 Å². The third-order valence-electron chi connectivity index (χ3n) is 3.98. The molecule has 1 N–H and O–H groups in total. The summed E-state index contributed by atoms with van der Waals surface area (Å²) in [7, 11) is 0. The van der Waals surface area contributed by atoms with Gasteiger partial charge in [0.25, 0.3) is 0 Å². The number of halogens is 3. The van der Waals surface area contributed by atoms with Gasteiger partial charge in [0.1, 0.15) is 6.10 Å². The van der Waals surface area contributed by atoms with Crippen LogP contribution in [0.3, 0.4) is 0 Å². The summed E-state index contributed by atoms with van der Waals surface area (Å²) in [6.45, 7) is 4.91. The maximum Gasteiger partial charge on any atom is 0.417 e. The van der Waals surface area contributed by atoms with E-state index in [9.17, 15) is 23.1 Å². The Hall–Kier alpha value is -1.04. The van der Waals surface area contributed by atoms with Crippen LogP contribution in [0.5, 0.6) is 0 Å². The topological polar surface area (TPSA) is 46.5 Å². The van der Waals surface area contributed by atoms with Crippen molar-refractivity contribution >= 4 is 5.97 Å². The number of alkyl halides is 3. The molecule has 2 saturated carbocycles. The van der Waals surface area contributed by atoms with E-state index >= 15 is 0 Å². The minimum atomic E-state index is -4.62. The number of ether oxygens (including phenoxy) is 1. The highest BCUT2D eigenvalue weighted by Crippen LogP contribution is 2.57. The number of hydrogen-bond donors (Lipinski definition) is 1. The van der Waals surface area contributed by atoms with Gasteiger partial charge in [-0.15, -0.1) is 0 Å². The Labute approximate surface area is 103 Å². The maximum atomic E-state index is 12.7. The first kappa shape index (κ1) is 13.4. The van der Waals surface area contributed by atoms with Crippen molar-refractivity contribution in [2.45, 2.75) is 44.1 Å². The average Bonchev–Trinajstić information content (AvgIpc) is 2.73. The Bertz CT molecular complexity index is 391. The summed E-state index contributed by atoms with van der Waals surface area (Å²) < 4.78 is 43.3. The third-order valence-corrected chi connectivity index (χ3v) is 3.98. The van der Waals surface area contributed by atoms with Gasteiger partial charge in [-0.05, 0) is 32.1 Å². The van der Waals surface area contributed by atoms with Crippen LogP contribution in [0.2, 0.25) is 0 Å². The van der Waals surface area contributed by atoms with Crippen molar-refractivity contribution in [3.8, 4) is 0 Å². The Kier molecular flexibility index (Phi) is 2.96. The minimum Gasteiger partial charge on any atom is -0.459 e. The maximum absolute atomic E-state index is 12.7. The van der Waals surface area contributed by atoms with Gasteiger partial charge in [0, 0.05) is 11.5 Å². The summed E-state index contributed by atoms with van der Waals surface area (Å²) in [4.78, 5) is 11.3. The first-order valence-electron chi connectivity index (χ1n) is 5.80. The molecule has 0 heterocycles. The Morgan fingerprint density at radius 3 is 2.44 bits per heavy atom. The lowest BCUT2D eigenvalue weighted by molar-refractivity contribution is -0.280. The van der Waals surface area contributed by atoms with Crippen LogP contribution in [0, 0.1) is 11.8 Å². The monoisotopic (exact) mass is 264 g/mol. The van der Waals surface area contributed by atoms with Crippen LogP contribution in [0.4, 0.5) is 13.2 Å². The molecule has 18 heavy (non-hydrogen) atoms. The van der Waals surface area contributed by atoms with Gasteiger partial charge in [-0.2, -0.15) is 13.2 Å². The van der Waals surface area contributed by atoms with Crippen LogP contribution in [0.25, 0.3) is 0 Å². The van der Waals surface area contributed by atoms with E-state index in [1.54, 1.807) is 0 Å². The molecule has 2 aliphatic rings. The number of carbonyl (C=O) groups is 1. The molecule has 3 nitrogen and oxygen atoms in total. The van der Waals surface area contributed by atoms with E-state index in [0.717, 1.165) is 0 Å². The summed E-state index contributed by atoms with van der Waals surface area (Å²) in [6.07, 6.45) is -5.20. The summed E-state index contributed by atoms with van der Waals surface area (Å²) in [6, 6.07) is 0. The lowest BCUT2D eigenvalue weighted by Gasteiger charge is -2.36. The highest BCUT2D eigenvalue weighted by Gasteiger charge is 2.67. The Morgan fingerprint density at radius 2 is 2.06 bits per heavy atom. The largest absolute Gasteiger partial charge is 0.459 e. The zero-order valence-corrected chi connectivity index (χ0v) is 9.96. The standard InChI is InChI=1S/C12H15F3O3/c1-6(2)10(16)18-9-4-8-3-7(9)5-11(8,17)12(13,14)15/h7-9,17H,1,3-5H2,2H3. The number of rotatable bonds is 2. The quantitative estimate of drug-likeness (QED) is 0.614. The number of carbonyl (C=O) groups excluding carboxylic acids is 1. The third kappa shape index (κ3) is 1.92. The highest BCUT2D eigenvalue weighted by atomic mass is 19.4. The molecule has 0 saturated heterocycles. The van der Waals surface area contributed by atoms with Gasteiger partial charge >= 0.3 is 12.1 Å². The number of fused-ring (bicyclic) bond motifs is 2. The fourth-order valence-electron chi connectivity index (χ4n) is 2.99. The summed E-state index contributed by atoms with van der Waals surface area (Å²) in [5.41, 5.74) is -2.38. The zero-order valence-electron chi connectivity index (χ0n) is 9.96. The molecule has 0 radical (unpaired) electrons. The van der Waals surface area contributed by atoms with Crippen molar-refractivity contribution in [3.05, 3.63) is 12.2 Å². The second-order valence-electron chi connectivity index (χ2n) is 5.28. The van der Waals surface area contributed by atoms with Gasteiger partial charge in [-0.1, -0.05) is 6.58 Å². The molecule has 0 aromatic rings. The molecule has 2 fully saturated rings. The average molecular weight is 264 g/mol. The van der Waals surface area contributed by atoms with Crippen molar-refractivity contribution < 1.29 is 27.8 Å². The summed E-state index contributed by atoms with van der Waals surface area (Å²) in [5.74, 6) is -1.86. The smallest absolute Gasteiger partial charge is 0.417 e. The van der Waals surface area contributed by atoms with Gasteiger partial charge in [0.05, 0.1) is 0 Å². The lowest BCUT2D eigenvalue weighted by atomic mass is 9.82. The van der Waals surface area contributed by atoms with E-state index < -0.39 is 35.7 Å². The van der Waals surface area contributed by atoms with Gasteiger partial charge in [0.15, 0.2) is 5.60 Å².